The number of para-hydroxylation sites is 2. The molecule has 0 bridgehead atoms. The maximum Gasteiger partial charge on any atom is 0.337 e. The number of imidazole rings is 1. The second-order valence-corrected chi connectivity index (χ2v) is 9.06. The largest absolute Gasteiger partial charge is 0.465 e. The van der Waals surface area contributed by atoms with Crippen LogP contribution in [0.5, 0.6) is 0 Å². The Morgan fingerprint density at radius 2 is 1.86 bits per heavy atom. The van der Waals surface area contributed by atoms with Crippen molar-refractivity contribution in [3.8, 4) is 0 Å². The third-order valence-electron chi connectivity index (χ3n) is 5.89. The highest BCUT2D eigenvalue weighted by molar-refractivity contribution is 5.89. The minimum absolute atomic E-state index is 0.313. The highest BCUT2D eigenvalue weighted by Gasteiger charge is 2.34. The van der Waals surface area contributed by atoms with Gasteiger partial charge in [-0.25, -0.2) is 9.78 Å². The average Bonchev–Trinajstić information content (AvgIpc) is 3.04. The van der Waals surface area contributed by atoms with E-state index in [1.807, 2.05) is 18.2 Å². The van der Waals surface area contributed by atoms with Gasteiger partial charge in [0.05, 0.1) is 23.7 Å². The van der Waals surface area contributed by atoms with E-state index >= 15 is 0 Å². The standard InChI is InChI=1S/C24H29N3O2/c1-16-13-19(15-24(2,3)14-16)27-21-8-6-5-7-20(21)26-23(27)25-18-11-9-17(10-12-18)22(28)29-4/h5-12,16,19H,13-15H2,1-4H3,(H,25,26)/t16-,19+/m0/s1. The molecule has 0 unspecified atom stereocenters. The third kappa shape index (κ3) is 4.00. The molecular formula is C24H29N3O2. The Balaban J connectivity index is 1.71. The molecule has 0 aliphatic heterocycles. The molecule has 5 heteroatoms. The van der Waals surface area contributed by atoms with E-state index in [-0.39, 0.29) is 5.97 Å². The lowest BCUT2D eigenvalue weighted by Gasteiger charge is -2.40. The van der Waals surface area contributed by atoms with Crippen LogP contribution >= 0.6 is 0 Å². The Morgan fingerprint density at radius 3 is 2.55 bits per heavy atom. The zero-order valence-corrected chi connectivity index (χ0v) is 17.6. The molecule has 2 aromatic carbocycles. The van der Waals surface area contributed by atoms with Crippen LogP contribution in [0.15, 0.2) is 48.5 Å². The smallest absolute Gasteiger partial charge is 0.337 e. The van der Waals surface area contributed by atoms with Gasteiger partial charge < -0.3 is 14.6 Å². The Hall–Kier alpha value is -2.82. The number of carbonyl (C=O) groups excluding carboxylic acids is 1. The van der Waals surface area contributed by atoms with Gasteiger partial charge in [-0.05, 0) is 67.0 Å². The van der Waals surface area contributed by atoms with Crippen LogP contribution in [-0.4, -0.2) is 22.6 Å². The molecule has 0 amide bonds. The molecule has 0 saturated heterocycles. The van der Waals surface area contributed by atoms with E-state index in [9.17, 15) is 4.79 Å². The predicted octanol–water partition coefficient (Wildman–Crippen LogP) is 5.95. The molecule has 4 rings (SSSR count). The van der Waals surface area contributed by atoms with Gasteiger partial charge in [0, 0.05) is 11.7 Å². The molecule has 1 fully saturated rings. The molecule has 2 atom stereocenters. The van der Waals surface area contributed by atoms with Crippen molar-refractivity contribution in [1.29, 1.82) is 0 Å². The van der Waals surface area contributed by atoms with Gasteiger partial charge in [0.2, 0.25) is 5.95 Å². The van der Waals surface area contributed by atoms with Gasteiger partial charge in [-0.1, -0.05) is 32.9 Å². The van der Waals surface area contributed by atoms with Gasteiger partial charge in [0.25, 0.3) is 0 Å². The van der Waals surface area contributed by atoms with E-state index in [0.717, 1.165) is 35.5 Å². The number of nitrogens with zero attached hydrogens (tertiary/aromatic N) is 2. The van der Waals surface area contributed by atoms with Crippen LogP contribution in [0, 0.1) is 11.3 Å². The zero-order chi connectivity index (χ0) is 20.6. The second-order valence-electron chi connectivity index (χ2n) is 9.06. The molecule has 1 heterocycles. The Morgan fingerprint density at radius 1 is 1.14 bits per heavy atom. The number of hydrogen-bond donors (Lipinski definition) is 1. The van der Waals surface area contributed by atoms with Crippen molar-refractivity contribution in [2.75, 3.05) is 12.4 Å². The second kappa shape index (κ2) is 7.54. The summed E-state index contributed by atoms with van der Waals surface area (Å²) in [4.78, 5) is 16.6. The maximum absolute atomic E-state index is 11.7. The summed E-state index contributed by atoms with van der Waals surface area (Å²) in [5, 5.41) is 3.49. The average molecular weight is 392 g/mol. The molecule has 3 aromatic rings. The lowest BCUT2D eigenvalue weighted by Crippen LogP contribution is -2.29. The number of methoxy groups -OCH3 is 1. The summed E-state index contributed by atoms with van der Waals surface area (Å²) >= 11 is 0. The Kier molecular flexibility index (Phi) is 5.07. The number of ether oxygens (including phenoxy) is 1. The fourth-order valence-corrected chi connectivity index (χ4v) is 4.93. The minimum Gasteiger partial charge on any atom is -0.465 e. The number of rotatable bonds is 4. The minimum atomic E-state index is -0.331. The molecule has 152 valence electrons. The SMILES string of the molecule is COC(=O)c1ccc(Nc2nc3ccccc3n2[C@@H]2C[C@H](C)CC(C)(C)C2)cc1. The first-order chi connectivity index (χ1) is 13.9. The van der Waals surface area contributed by atoms with Crippen molar-refractivity contribution < 1.29 is 9.53 Å². The molecule has 1 aliphatic carbocycles. The van der Waals surface area contributed by atoms with E-state index in [0.29, 0.717) is 22.9 Å². The number of carbonyl (C=O) groups is 1. The number of fused-ring (bicyclic) bond motifs is 1. The summed E-state index contributed by atoms with van der Waals surface area (Å²) in [6.07, 6.45) is 3.54. The van der Waals surface area contributed by atoms with Crippen molar-refractivity contribution in [2.45, 2.75) is 46.1 Å². The van der Waals surface area contributed by atoms with Crippen LogP contribution < -0.4 is 5.32 Å². The molecule has 0 radical (unpaired) electrons. The summed E-state index contributed by atoms with van der Waals surface area (Å²) in [5.74, 6) is 1.20. The molecule has 29 heavy (non-hydrogen) atoms. The Bertz CT molecular complexity index is 1020. The summed E-state index contributed by atoms with van der Waals surface area (Å²) < 4.78 is 7.16. The van der Waals surface area contributed by atoms with Crippen molar-refractivity contribution in [3.63, 3.8) is 0 Å². The monoisotopic (exact) mass is 391 g/mol. The summed E-state index contributed by atoms with van der Waals surface area (Å²) in [6.45, 7) is 7.09. The van der Waals surface area contributed by atoms with Gasteiger partial charge in [-0.3, -0.25) is 0 Å². The van der Waals surface area contributed by atoms with Gasteiger partial charge in [0.1, 0.15) is 0 Å². The molecule has 1 N–H and O–H groups in total. The van der Waals surface area contributed by atoms with E-state index in [2.05, 4.69) is 48.9 Å². The van der Waals surface area contributed by atoms with Gasteiger partial charge in [0.15, 0.2) is 0 Å². The van der Waals surface area contributed by atoms with E-state index in [4.69, 9.17) is 9.72 Å². The summed E-state index contributed by atoms with van der Waals surface area (Å²) in [6, 6.07) is 16.1. The topological polar surface area (TPSA) is 56.1 Å². The Labute approximate surface area is 172 Å². The lowest BCUT2D eigenvalue weighted by molar-refractivity contribution is 0.0600. The van der Waals surface area contributed by atoms with Gasteiger partial charge in [-0.15, -0.1) is 0 Å². The van der Waals surface area contributed by atoms with Crippen LogP contribution in [0.3, 0.4) is 0 Å². The quantitative estimate of drug-likeness (QED) is 0.558. The normalized spacial score (nSPS) is 21.1. The van der Waals surface area contributed by atoms with Crippen LogP contribution in [0.25, 0.3) is 11.0 Å². The predicted molar refractivity (Wildman–Crippen MR) is 117 cm³/mol. The molecule has 0 spiro atoms. The number of esters is 1. The van der Waals surface area contributed by atoms with Crippen LogP contribution in [0.1, 0.15) is 56.4 Å². The van der Waals surface area contributed by atoms with Crippen molar-refractivity contribution in [3.05, 3.63) is 54.1 Å². The maximum atomic E-state index is 11.7. The molecule has 1 aromatic heterocycles. The van der Waals surface area contributed by atoms with E-state index in [1.54, 1.807) is 12.1 Å². The van der Waals surface area contributed by atoms with E-state index < -0.39 is 0 Å². The van der Waals surface area contributed by atoms with Crippen molar-refractivity contribution in [1.82, 2.24) is 9.55 Å². The molecular weight excluding hydrogens is 362 g/mol. The first-order valence-corrected chi connectivity index (χ1v) is 10.3. The van der Waals surface area contributed by atoms with Gasteiger partial charge in [-0.2, -0.15) is 0 Å². The van der Waals surface area contributed by atoms with Crippen LogP contribution in [0.4, 0.5) is 11.6 Å². The first kappa shape index (κ1) is 19.5. The van der Waals surface area contributed by atoms with Crippen molar-refractivity contribution >= 4 is 28.6 Å². The van der Waals surface area contributed by atoms with Crippen molar-refractivity contribution in [2.24, 2.45) is 11.3 Å². The molecule has 1 saturated carbocycles. The molecule has 1 aliphatic rings. The number of nitrogens with one attached hydrogen (secondary N) is 1. The molecule has 5 nitrogen and oxygen atoms in total. The van der Waals surface area contributed by atoms with Crippen LogP contribution in [0.2, 0.25) is 0 Å². The lowest BCUT2D eigenvalue weighted by atomic mass is 9.70. The number of benzene rings is 2. The highest BCUT2D eigenvalue weighted by Crippen LogP contribution is 2.46. The van der Waals surface area contributed by atoms with E-state index in [1.165, 1.54) is 13.5 Å². The van der Waals surface area contributed by atoms with Crippen LogP contribution in [-0.2, 0) is 4.74 Å². The summed E-state index contributed by atoms with van der Waals surface area (Å²) in [5.41, 5.74) is 3.91. The first-order valence-electron chi connectivity index (χ1n) is 10.3. The highest BCUT2D eigenvalue weighted by atomic mass is 16.5. The number of anilines is 2. The fourth-order valence-electron chi connectivity index (χ4n) is 4.93. The third-order valence-corrected chi connectivity index (χ3v) is 5.89. The zero-order valence-electron chi connectivity index (χ0n) is 17.6. The number of aromatic nitrogens is 2. The fraction of sp³-hybridized carbons (Fsp3) is 0.417. The number of hydrogen-bond acceptors (Lipinski definition) is 4. The van der Waals surface area contributed by atoms with Gasteiger partial charge >= 0.3 is 5.97 Å². The summed E-state index contributed by atoms with van der Waals surface area (Å²) in [7, 11) is 1.39.